The molecule has 0 fully saturated rings. The number of nitrogens with zero attached hydrogens (tertiary/aromatic N) is 2. The largest absolute Gasteiger partial charge is 0.395 e. The van der Waals surface area contributed by atoms with Crippen molar-refractivity contribution in [3.8, 4) is 0 Å². The van der Waals surface area contributed by atoms with E-state index in [2.05, 4.69) is 0 Å². The summed E-state index contributed by atoms with van der Waals surface area (Å²) < 4.78 is 4.96. The molecule has 0 aliphatic carbocycles. The van der Waals surface area contributed by atoms with Crippen molar-refractivity contribution in [3.05, 3.63) is 0 Å². The normalized spacial score (nSPS) is 12.9. The lowest BCUT2D eigenvalue weighted by atomic mass is 10.2. The Morgan fingerprint density at radius 1 is 1.40 bits per heavy atom. The maximum absolute atomic E-state index is 11.7. The van der Waals surface area contributed by atoms with Gasteiger partial charge >= 0.3 is 0 Å². The molecule has 0 aromatic rings. The third-order valence-corrected chi connectivity index (χ3v) is 2.32. The molecule has 1 unspecified atom stereocenters. The first kappa shape index (κ1) is 14.3. The number of methoxy groups -OCH3 is 1. The third-order valence-electron chi connectivity index (χ3n) is 2.32. The number of amides is 1. The Morgan fingerprint density at radius 3 is 2.40 bits per heavy atom. The number of hydrogen-bond donors (Lipinski definition) is 1. The molecule has 90 valence electrons. The Labute approximate surface area is 91.6 Å². The second-order valence-corrected chi connectivity index (χ2v) is 3.66. The van der Waals surface area contributed by atoms with Crippen molar-refractivity contribution in [1.29, 1.82) is 0 Å². The molecule has 0 aliphatic rings. The second-order valence-electron chi connectivity index (χ2n) is 3.66. The van der Waals surface area contributed by atoms with Gasteiger partial charge in [-0.15, -0.1) is 0 Å². The van der Waals surface area contributed by atoms with E-state index in [4.69, 9.17) is 9.84 Å². The predicted octanol–water partition coefficient (Wildman–Crippen LogP) is -0.596. The lowest BCUT2D eigenvalue weighted by Crippen LogP contribution is -2.46. The summed E-state index contributed by atoms with van der Waals surface area (Å²) in [6.07, 6.45) is 0. The Morgan fingerprint density at radius 2 is 2.00 bits per heavy atom. The van der Waals surface area contributed by atoms with Crippen LogP contribution in [0.2, 0.25) is 0 Å². The zero-order valence-corrected chi connectivity index (χ0v) is 10.1. The van der Waals surface area contributed by atoms with Gasteiger partial charge in [-0.3, -0.25) is 9.69 Å². The number of hydrogen-bond acceptors (Lipinski definition) is 4. The molecule has 5 nitrogen and oxygen atoms in total. The van der Waals surface area contributed by atoms with Crippen molar-refractivity contribution < 1.29 is 14.6 Å². The molecule has 15 heavy (non-hydrogen) atoms. The van der Waals surface area contributed by atoms with E-state index < -0.39 is 0 Å². The van der Waals surface area contributed by atoms with Crippen LogP contribution in [-0.4, -0.2) is 74.4 Å². The average Bonchev–Trinajstić information content (AvgIpc) is 2.22. The molecule has 0 heterocycles. The summed E-state index contributed by atoms with van der Waals surface area (Å²) >= 11 is 0. The fourth-order valence-electron chi connectivity index (χ4n) is 1.37. The van der Waals surface area contributed by atoms with Crippen molar-refractivity contribution in [3.63, 3.8) is 0 Å². The van der Waals surface area contributed by atoms with E-state index >= 15 is 0 Å². The Kier molecular flexibility index (Phi) is 7.29. The fourth-order valence-corrected chi connectivity index (χ4v) is 1.37. The van der Waals surface area contributed by atoms with Gasteiger partial charge in [0.1, 0.15) is 0 Å². The molecule has 5 heteroatoms. The first-order valence-electron chi connectivity index (χ1n) is 5.09. The van der Waals surface area contributed by atoms with Gasteiger partial charge in [-0.2, -0.15) is 0 Å². The van der Waals surface area contributed by atoms with Crippen molar-refractivity contribution in [2.24, 2.45) is 0 Å². The summed E-state index contributed by atoms with van der Waals surface area (Å²) in [4.78, 5) is 15.1. The highest BCUT2D eigenvalue weighted by molar-refractivity contribution is 5.80. The van der Waals surface area contributed by atoms with E-state index in [1.165, 1.54) is 0 Å². The Bertz CT molecular complexity index is 186. The molecule has 0 bridgehead atoms. The zero-order valence-electron chi connectivity index (χ0n) is 10.1. The van der Waals surface area contributed by atoms with Crippen LogP contribution in [0.3, 0.4) is 0 Å². The van der Waals surface area contributed by atoms with Gasteiger partial charge in [-0.05, 0) is 6.92 Å². The third kappa shape index (κ3) is 5.11. The van der Waals surface area contributed by atoms with Crippen LogP contribution in [0.5, 0.6) is 0 Å². The van der Waals surface area contributed by atoms with E-state index in [9.17, 15) is 4.79 Å². The molecule has 0 radical (unpaired) electrons. The molecule has 0 saturated heterocycles. The monoisotopic (exact) mass is 218 g/mol. The van der Waals surface area contributed by atoms with Crippen molar-refractivity contribution in [2.75, 3.05) is 47.5 Å². The van der Waals surface area contributed by atoms with Gasteiger partial charge in [0, 0.05) is 34.3 Å². The second kappa shape index (κ2) is 7.62. The highest BCUT2D eigenvalue weighted by Crippen LogP contribution is 2.01. The quantitative estimate of drug-likeness (QED) is 0.620. The van der Waals surface area contributed by atoms with Gasteiger partial charge < -0.3 is 14.7 Å². The minimum atomic E-state index is -0.220. The van der Waals surface area contributed by atoms with Crippen LogP contribution in [0.15, 0.2) is 0 Å². The number of ether oxygens (including phenoxy) is 1. The van der Waals surface area contributed by atoms with Crippen LogP contribution in [0.4, 0.5) is 0 Å². The maximum Gasteiger partial charge on any atom is 0.239 e. The van der Waals surface area contributed by atoms with Crippen LogP contribution in [-0.2, 0) is 9.53 Å². The number of carbonyl (C=O) groups is 1. The molecular formula is C10H22N2O3. The van der Waals surface area contributed by atoms with Gasteiger partial charge in [0.25, 0.3) is 0 Å². The highest BCUT2D eigenvalue weighted by Gasteiger charge is 2.21. The zero-order chi connectivity index (χ0) is 11.8. The van der Waals surface area contributed by atoms with Gasteiger partial charge in [-0.25, -0.2) is 0 Å². The summed E-state index contributed by atoms with van der Waals surface area (Å²) in [5, 5.41) is 8.90. The lowest BCUT2D eigenvalue weighted by Gasteiger charge is -2.29. The summed E-state index contributed by atoms with van der Waals surface area (Å²) in [6.45, 7) is 3.59. The van der Waals surface area contributed by atoms with Gasteiger partial charge in [-0.1, -0.05) is 0 Å². The average molecular weight is 218 g/mol. The smallest absolute Gasteiger partial charge is 0.239 e. The van der Waals surface area contributed by atoms with Crippen LogP contribution in [0, 0.1) is 0 Å². The van der Waals surface area contributed by atoms with Crippen LogP contribution < -0.4 is 0 Å². The van der Waals surface area contributed by atoms with Crippen LogP contribution >= 0.6 is 0 Å². The minimum Gasteiger partial charge on any atom is -0.395 e. The van der Waals surface area contributed by atoms with Crippen molar-refractivity contribution in [1.82, 2.24) is 9.80 Å². The summed E-state index contributed by atoms with van der Waals surface area (Å²) in [5.74, 6) is 0.0413. The van der Waals surface area contributed by atoms with Gasteiger partial charge in [0.15, 0.2) is 0 Å². The van der Waals surface area contributed by atoms with Gasteiger partial charge in [0.2, 0.25) is 5.91 Å². The molecule has 1 amide bonds. The topological polar surface area (TPSA) is 53.0 Å². The van der Waals surface area contributed by atoms with E-state index in [0.29, 0.717) is 19.7 Å². The van der Waals surface area contributed by atoms with Gasteiger partial charge in [0.05, 0.1) is 19.3 Å². The SMILES string of the molecule is COCCN(CCO)C(C)C(=O)N(C)C. The Balaban J connectivity index is 4.26. The standard InChI is InChI=1S/C10H22N2O3/c1-9(10(14)11(2)3)12(5-7-13)6-8-15-4/h9,13H,5-8H2,1-4H3. The highest BCUT2D eigenvalue weighted by atomic mass is 16.5. The summed E-state index contributed by atoms with van der Waals surface area (Å²) in [6, 6.07) is -0.220. The summed E-state index contributed by atoms with van der Waals surface area (Å²) in [5.41, 5.74) is 0. The number of aliphatic hydroxyl groups excluding tert-OH is 1. The first-order valence-corrected chi connectivity index (χ1v) is 5.09. The molecule has 0 aromatic heterocycles. The minimum absolute atomic E-state index is 0.0413. The molecular weight excluding hydrogens is 196 g/mol. The first-order chi connectivity index (χ1) is 7.04. The lowest BCUT2D eigenvalue weighted by molar-refractivity contribution is -0.134. The molecule has 0 saturated carbocycles. The predicted molar refractivity (Wildman–Crippen MR) is 58.7 cm³/mol. The fraction of sp³-hybridized carbons (Fsp3) is 0.900. The van der Waals surface area contributed by atoms with Crippen LogP contribution in [0.1, 0.15) is 6.92 Å². The van der Waals surface area contributed by atoms with Crippen molar-refractivity contribution in [2.45, 2.75) is 13.0 Å². The number of likely N-dealkylation sites (N-methyl/N-ethyl adjacent to an activating group) is 1. The van der Waals surface area contributed by atoms with E-state index in [1.807, 2.05) is 11.8 Å². The maximum atomic E-state index is 11.7. The number of carbonyl (C=O) groups excluding carboxylic acids is 1. The Hall–Kier alpha value is -0.650. The molecule has 1 atom stereocenters. The molecule has 0 aromatic carbocycles. The van der Waals surface area contributed by atoms with E-state index in [1.54, 1.807) is 26.1 Å². The van der Waals surface area contributed by atoms with Crippen LogP contribution in [0.25, 0.3) is 0 Å². The molecule has 0 rings (SSSR count). The summed E-state index contributed by atoms with van der Waals surface area (Å²) in [7, 11) is 5.08. The van der Waals surface area contributed by atoms with E-state index in [-0.39, 0.29) is 18.6 Å². The molecule has 0 aliphatic heterocycles. The van der Waals surface area contributed by atoms with E-state index in [0.717, 1.165) is 0 Å². The van der Waals surface area contributed by atoms with Crippen molar-refractivity contribution >= 4 is 5.91 Å². The number of aliphatic hydroxyl groups is 1. The number of rotatable bonds is 7. The molecule has 0 spiro atoms. The molecule has 1 N–H and O–H groups in total.